The lowest BCUT2D eigenvalue weighted by molar-refractivity contribution is 0.259. The minimum Gasteiger partial charge on any atom is -0.497 e. The van der Waals surface area contributed by atoms with E-state index in [0.29, 0.717) is 6.04 Å². The molecule has 2 rings (SSSR count). The standard InChI is InChI=1S/C13H20N2O2/c1-14-7-6-10-9-17-13-5-4-11(16-3)8-12(13)15(10)2/h4-5,8,10,14H,6-7,9H2,1-3H3. The van der Waals surface area contributed by atoms with Crippen molar-refractivity contribution in [3.8, 4) is 11.5 Å². The molecule has 1 atom stereocenters. The summed E-state index contributed by atoms with van der Waals surface area (Å²) >= 11 is 0. The summed E-state index contributed by atoms with van der Waals surface area (Å²) in [6.45, 7) is 1.75. The van der Waals surface area contributed by atoms with E-state index in [2.05, 4.69) is 17.3 Å². The summed E-state index contributed by atoms with van der Waals surface area (Å²) in [7, 11) is 5.77. The fourth-order valence-electron chi connectivity index (χ4n) is 2.10. The number of anilines is 1. The van der Waals surface area contributed by atoms with Gasteiger partial charge in [0.05, 0.1) is 18.8 Å². The van der Waals surface area contributed by atoms with Crippen molar-refractivity contribution >= 4 is 5.69 Å². The summed E-state index contributed by atoms with van der Waals surface area (Å²) in [5, 5.41) is 3.18. The molecule has 0 saturated heterocycles. The number of rotatable bonds is 4. The Hall–Kier alpha value is -1.42. The number of nitrogens with zero attached hydrogens (tertiary/aromatic N) is 1. The first kappa shape index (κ1) is 12.0. The van der Waals surface area contributed by atoms with Gasteiger partial charge in [0.25, 0.3) is 0 Å². The predicted octanol–water partition coefficient (Wildman–Crippen LogP) is 1.50. The molecule has 1 unspecified atom stereocenters. The van der Waals surface area contributed by atoms with Crippen LogP contribution in [-0.2, 0) is 0 Å². The molecule has 1 aliphatic heterocycles. The Morgan fingerprint density at radius 3 is 3.06 bits per heavy atom. The average Bonchev–Trinajstić information content (AvgIpc) is 2.38. The second kappa shape index (κ2) is 5.27. The van der Waals surface area contributed by atoms with E-state index in [1.165, 1.54) is 0 Å². The lowest BCUT2D eigenvalue weighted by Crippen LogP contribution is -2.41. The number of likely N-dealkylation sites (N-methyl/N-ethyl adjacent to an activating group) is 1. The van der Waals surface area contributed by atoms with E-state index in [4.69, 9.17) is 9.47 Å². The molecular weight excluding hydrogens is 216 g/mol. The van der Waals surface area contributed by atoms with Gasteiger partial charge in [0.1, 0.15) is 18.1 Å². The summed E-state index contributed by atoms with van der Waals surface area (Å²) < 4.78 is 11.0. The molecule has 0 aliphatic carbocycles. The second-order valence-corrected chi connectivity index (χ2v) is 4.30. The van der Waals surface area contributed by atoms with Crippen LogP contribution < -0.4 is 19.7 Å². The number of hydrogen-bond acceptors (Lipinski definition) is 4. The molecule has 0 spiro atoms. The number of nitrogens with one attached hydrogen (secondary N) is 1. The lowest BCUT2D eigenvalue weighted by Gasteiger charge is -2.36. The Labute approximate surface area is 103 Å². The normalized spacial score (nSPS) is 18.5. The van der Waals surface area contributed by atoms with Crippen molar-refractivity contribution in [1.82, 2.24) is 5.32 Å². The second-order valence-electron chi connectivity index (χ2n) is 4.30. The number of methoxy groups -OCH3 is 1. The average molecular weight is 236 g/mol. The molecule has 4 nitrogen and oxygen atoms in total. The zero-order valence-electron chi connectivity index (χ0n) is 10.7. The quantitative estimate of drug-likeness (QED) is 0.859. The Morgan fingerprint density at radius 1 is 1.53 bits per heavy atom. The molecule has 1 aromatic carbocycles. The third kappa shape index (κ3) is 2.47. The van der Waals surface area contributed by atoms with E-state index in [0.717, 1.165) is 36.8 Å². The van der Waals surface area contributed by atoms with E-state index >= 15 is 0 Å². The van der Waals surface area contributed by atoms with Gasteiger partial charge in [-0.3, -0.25) is 0 Å². The van der Waals surface area contributed by atoms with Gasteiger partial charge in [0.15, 0.2) is 0 Å². The minimum absolute atomic E-state index is 0.419. The van der Waals surface area contributed by atoms with Crippen molar-refractivity contribution in [1.29, 1.82) is 0 Å². The maximum absolute atomic E-state index is 5.78. The van der Waals surface area contributed by atoms with Crippen molar-refractivity contribution in [3.05, 3.63) is 18.2 Å². The maximum Gasteiger partial charge on any atom is 0.142 e. The third-order valence-corrected chi connectivity index (χ3v) is 3.25. The molecule has 1 aromatic rings. The van der Waals surface area contributed by atoms with Crippen LogP contribution in [0.3, 0.4) is 0 Å². The Balaban J connectivity index is 2.18. The molecular formula is C13H20N2O2. The van der Waals surface area contributed by atoms with Gasteiger partial charge >= 0.3 is 0 Å². The molecule has 0 radical (unpaired) electrons. The van der Waals surface area contributed by atoms with Crippen LogP contribution in [-0.4, -0.2) is 40.4 Å². The number of benzene rings is 1. The van der Waals surface area contributed by atoms with Crippen molar-refractivity contribution < 1.29 is 9.47 Å². The molecule has 0 saturated carbocycles. The van der Waals surface area contributed by atoms with Crippen LogP contribution >= 0.6 is 0 Å². The van der Waals surface area contributed by atoms with Gasteiger partial charge < -0.3 is 19.7 Å². The number of ether oxygens (including phenoxy) is 2. The van der Waals surface area contributed by atoms with Gasteiger partial charge in [-0.1, -0.05) is 0 Å². The van der Waals surface area contributed by atoms with E-state index in [9.17, 15) is 0 Å². The Morgan fingerprint density at radius 2 is 2.35 bits per heavy atom. The summed E-state index contributed by atoms with van der Waals surface area (Å²) in [5.74, 6) is 1.81. The number of fused-ring (bicyclic) bond motifs is 1. The summed E-state index contributed by atoms with van der Waals surface area (Å²) in [5.41, 5.74) is 1.11. The predicted molar refractivity (Wildman–Crippen MR) is 69.2 cm³/mol. The molecule has 17 heavy (non-hydrogen) atoms. The minimum atomic E-state index is 0.419. The van der Waals surface area contributed by atoms with Gasteiger partial charge in [0, 0.05) is 13.1 Å². The van der Waals surface area contributed by atoms with Crippen LogP contribution in [0, 0.1) is 0 Å². The third-order valence-electron chi connectivity index (χ3n) is 3.25. The monoisotopic (exact) mass is 236 g/mol. The summed E-state index contributed by atoms with van der Waals surface area (Å²) in [6.07, 6.45) is 1.07. The van der Waals surface area contributed by atoms with Gasteiger partial charge in [-0.05, 0) is 32.1 Å². The highest BCUT2D eigenvalue weighted by atomic mass is 16.5. The van der Waals surface area contributed by atoms with Crippen molar-refractivity contribution in [3.63, 3.8) is 0 Å². The fourth-order valence-corrected chi connectivity index (χ4v) is 2.10. The molecule has 4 heteroatoms. The smallest absolute Gasteiger partial charge is 0.142 e. The highest BCUT2D eigenvalue weighted by Gasteiger charge is 2.24. The molecule has 0 bridgehead atoms. The zero-order valence-corrected chi connectivity index (χ0v) is 10.7. The molecule has 0 aromatic heterocycles. The van der Waals surface area contributed by atoms with Crippen molar-refractivity contribution in [2.45, 2.75) is 12.5 Å². The van der Waals surface area contributed by atoms with Gasteiger partial charge in [-0.2, -0.15) is 0 Å². The first-order valence-corrected chi connectivity index (χ1v) is 5.94. The van der Waals surface area contributed by atoms with E-state index < -0.39 is 0 Å². The van der Waals surface area contributed by atoms with Gasteiger partial charge in [-0.15, -0.1) is 0 Å². The van der Waals surface area contributed by atoms with Crippen LogP contribution in [0.25, 0.3) is 0 Å². The molecule has 1 aliphatic rings. The first-order valence-electron chi connectivity index (χ1n) is 5.94. The largest absolute Gasteiger partial charge is 0.497 e. The maximum atomic E-state index is 5.78. The summed E-state index contributed by atoms with van der Waals surface area (Å²) in [6, 6.07) is 6.35. The van der Waals surface area contributed by atoms with Crippen LogP contribution in [0.1, 0.15) is 6.42 Å². The fraction of sp³-hybridized carbons (Fsp3) is 0.538. The van der Waals surface area contributed by atoms with Crippen molar-refractivity contribution in [2.75, 3.05) is 39.3 Å². The SMILES string of the molecule is CNCCC1COc2ccc(OC)cc2N1C. The molecule has 1 N–H and O–H groups in total. The Kier molecular flexibility index (Phi) is 3.74. The van der Waals surface area contributed by atoms with Gasteiger partial charge in [-0.25, -0.2) is 0 Å². The van der Waals surface area contributed by atoms with E-state index in [1.54, 1.807) is 7.11 Å². The number of hydrogen-bond donors (Lipinski definition) is 1. The van der Waals surface area contributed by atoms with Crippen molar-refractivity contribution in [2.24, 2.45) is 0 Å². The van der Waals surface area contributed by atoms with Crippen LogP contribution in [0.5, 0.6) is 11.5 Å². The highest BCUT2D eigenvalue weighted by Crippen LogP contribution is 2.36. The highest BCUT2D eigenvalue weighted by molar-refractivity contribution is 5.63. The molecule has 1 heterocycles. The lowest BCUT2D eigenvalue weighted by atomic mass is 10.1. The van der Waals surface area contributed by atoms with Gasteiger partial charge in [0.2, 0.25) is 0 Å². The summed E-state index contributed by atoms with van der Waals surface area (Å²) in [4.78, 5) is 2.28. The van der Waals surface area contributed by atoms with Crippen LogP contribution in [0.15, 0.2) is 18.2 Å². The molecule has 0 amide bonds. The first-order chi connectivity index (χ1) is 8.26. The molecule has 0 fully saturated rings. The van der Waals surface area contributed by atoms with E-state index in [1.807, 2.05) is 25.2 Å². The van der Waals surface area contributed by atoms with Crippen LogP contribution in [0.2, 0.25) is 0 Å². The Bertz CT molecular complexity index is 382. The zero-order chi connectivity index (χ0) is 12.3. The molecule has 94 valence electrons. The topological polar surface area (TPSA) is 33.7 Å². The van der Waals surface area contributed by atoms with E-state index in [-0.39, 0.29) is 0 Å². The van der Waals surface area contributed by atoms with Crippen LogP contribution in [0.4, 0.5) is 5.69 Å².